The molecule has 4 aromatic rings. The normalized spacial score (nSPS) is 18.4. The van der Waals surface area contributed by atoms with Crippen LogP contribution in [0.25, 0.3) is 0 Å². The number of halogens is 3. The van der Waals surface area contributed by atoms with Crippen LogP contribution in [0.1, 0.15) is 64.0 Å². The Morgan fingerprint density at radius 2 is 1.51 bits per heavy atom. The quantitative estimate of drug-likeness (QED) is 0.0322. The smallest absolute Gasteiger partial charge is 0.471 e. The van der Waals surface area contributed by atoms with Gasteiger partial charge in [-0.15, -0.1) is 4.67 Å². The summed E-state index contributed by atoms with van der Waals surface area (Å²) in [6.45, 7) is 6.86. The molecule has 1 aromatic heterocycles. The van der Waals surface area contributed by atoms with Gasteiger partial charge in [0.2, 0.25) is 5.91 Å². The molecule has 1 fully saturated rings. The Bertz CT molecular complexity index is 2280. The summed E-state index contributed by atoms with van der Waals surface area (Å²) >= 11 is 0. The number of methoxy groups -OCH3 is 2. The number of nitriles is 1. The predicted octanol–water partition coefficient (Wildman–Crippen LogP) is 6.34. The van der Waals surface area contributed by atoms with E-state index in [1.807, 2.05) is 82.3 Å². The minimum Gasteiger partial charge on any atom is -0.497 e. The second kappa shape index (κ2) is 23.5. The molecule has 5 atom stereocenters. The van der Waals surface area contributed by atoms with Crippen LogP contribution in [0.5, 0.6) is 11.5 Å². The first-order valence-electron chi connectivity index (χ1n) is 21.4. The zero-order valence-electron chi connectivity index (χ0n) is 38.3. The topological polar surface area (TPSA) is 205 Å². The van der Waals surface area contributed by atoms with Crippen LogP contribution in [-0.4, -0.2) is 114 Å². The van der Waals surface area contributed by atoms with Crippen LogP contribution in [0.15, 0.2) is 95.9 Å². The molecule has 67 heavy (non-hydrogen) atoms. The van der Waals surface area contributed by atoms with Crippen LogP contribution in [0.2, 0.25) is 0 Å². The van der Waals surface area contributed by atoms with Gasteiger partial charge in [0.1, 0.15) is 48.1 Å². The van der Waals surface area contributed by atoms with Crippen molar-refractivity contribution in [2.45, 2.75) is 89.4 Å². The molecule has 0 saturated carbocycles. The number of anilines is 1. The minimum absolute atomic E-state index is 0.0472. The molecule has 0 bridgehead atoms. The van der Waals surface area contributed by atoms with E-state index < -0.39 is 81.6 Å². The van der Waals surface area contributed by atoms with Crippen molar-refractivity contribution in [2.24, 2.45) is 0 Å². The first-order chi connectivity index (χ1) is 31.9. The summed E-state index contributed by atoms with van der Waals surface area (Å²) in [6.07, 6.45) is -9.26. The van der Waals surface area contributed by atoms with E-state index in [0.29, 0.717) is 28.2 Å². The molecule has 3 aromatic carbocycles. The number of alkyl halides is 3. The Morgan fingerprint density at radius 1 is 0.925 bits per heavy atom. The van der Waals surface area contributed by atoms with Crippen LogP contribution in [0.3, 0.4) is 0 Å². The van der Waals surface area contributed by atoms with Gasteiger partial charge in [-0.2, -0.15) is 27.9 Å². The first kappa shape index (κ1) is 52.5. The standard InChI is InChI=1S/C46H56F3N6O11P/c1-30(2)55(31(3)4)67(59,27-11-23-50)66-40-38(28-64-45(33-12-9-8-10-13-33,34-14-18-36(60-6)19-15-34)35-16-20-37(61-7)21-17-35)65-42(54-25-22-39(52-32(5)56)53-44(54)58)41(40)63-29-62-26-24-51-43(57)46(47,48)49/h8-10,12-22,25,30-31,38,40-42,59H,11,24,26-29H2,1-7H3,(H-,51,52,53,56,57,58)/p+1/t38-,40-,41-,42-,67?/m1/s1. The Hall–Kier alpha value is -5.49. The van der Waals surface area contributed by atoms with Gasteiger partial charge >= 0.3 is 25.6 Å². The fourth-order valence-corrected chi connectivity index (χ4v) is 10.9. The van der Waals surface area contributed by atoms with E-state index in [1.165, 1.54) is 19.2 Å². The van der Waals surface area contributed by atoms with E-state index in [9.17, 15) is 37.7 Å². The van der Waals surface area contributed by atoms with Gasteiger partial charge in [0.25, 0.3) is 0 Å². The van der Waals surface area contributed by atoms with Gasteiger partial charge in [0.15, 0.2) is 12.3 Å². The van der Waals surface area contributed by atoms with Crippen molar-refractivity contribution >= 4 is 25.5 Å². The molecule has 1 unspecified atom stereocenters. The lowest BCUT2D eigenvalue weighted by atomic mass is 9.80. The molecule has 1 aliphatic rings. The fourth-order valence-electron chi connectivity index (χ4n) is 7.96. The molecular formula is C46H57F3N6O11P+. The van der Waals surface area contributed by atoms with Gasteiger partial charge in [-0.05, 0) is 74.7 Å². The highest BCUT2D eigenvalue weighted by molar-refractivity contribution is 7.63. The lowest BCUT2D eigenvalue weighted by molar-refractivity contribution is -0.174. The van der Waals surface area contributed by atoms with Crippen LogP contribution in [0, 0.1) is 11.3 Å². The van der Waals surface area contributed by atoms with Crippen molar-refractivity contribution < 1.29 is 60.6 Å². The number of carbonyl (C=O) groups is 2. The highest BCUT2D eigenvalue weighted by atomic mass is 31.2. The van der Waals surface area contributed by atoms with Crippen molar-refractivity contribution in [3.63, 3.8) is 0 Å². The number of nitrogens with one attached hydrogen (secondary N) is 2. The van der Waals surface area contributed by atoms with Crippen LogP contribution < -0.4 is 25.8 Å². The second-order valence-electron chi connectivity index (χ2n) is 15.9. The Morgan fingerprint density at radius 3 is 2.01 bits per heavy atom. The molecule has 0 spiro atoms. The number of rotatable bonds is 23. The average Bonchev–Trinajstić information content (AvgIpc) is 3.62. The Kier molecular flexibility index (Phi) is 18.4. The lowest BCUT2D eigenvalue weighted by Gasteiger charge is -2.39. The molecule has 1 saturated heterocycles. The molecule has 362 valence electrons. The van der Waals surface area contributed by atoms with Crippen LogP contribution >= 0.6 is 7.87 Å². The molecule has 21 heteroatoms. The molecule has 1 aliphatic heterocycles. The number of ether oxygens (including phenoxy) is 6. The number of carbonyl (C=O) groups excluding carboxylic acids is 2. The summed E-state index contributed by atoms with van der Waals surface area (Å²) in [5, 5.41) is 14.0. The average molecular weight is 958 g/mol. The summed E-state index contributed by atoms with van der Waals surface area (Å²) in [5.74, 6) is -1.50. The highest BCUT2D eigenvalue weighted by Crippen LogP contribution is 2.64. The summed E-state index contributed by atoms with van der Waals surface area (Å²) in [4.78, 5) is 54.0. The third-order valence-electron chi connectivity index (χ3n) is 10.7. The zero-order chi connectivity index (χ0) is 48.9. The number of nitrogens with zero attached hydrogens (tertiary/aromatic N) is 4. The van der Waals surface area contributed by atoms with Gasteiger partial charge in [-0.25, -0.2) is 9.69 Å². The molecule has 17 nitrogen and oxygen atoms in total. The number of hydrogen-bond donors (Lipinski definition) is 3. The molecular weight excluding hydrogens is 901 g/mol. The van der Waals surface area contributed by atoms with Gasteiger partial charge in [-0.3, -0.25) is 14.2 Å². The van der Waals surface area contributed by atoms with Gasteiger partial charge in [0.05, 0.1) is 39.9 Å². The van der Waals surface area contributed by atoms with Crippen molar-refractivity contribution in [3.8, 4) is 17.6 Å². The van der Waals surface area contributed by atoms with Gasteiger partial charge < -0.3 is 39.1 Å². The van der Waals surface area contributed by atoms with E-state index in [-0.39, 0.29) is 37.1 Å². The summed E-state index contributed by atoms with van der Waals surface area (Å²) in [7, 11) is -0.692. The van der Waals surface area contributed by atoms with E-state index in [2.05, 4.69) is 16.4 Å². The minimum atomic E-state index is -5.10. The van der Waals surface area contributed by atoms with E-state index in [4.69, 9.17) is 32.9 Å². The third-order valence-corrected chi connectivity index (χ3v) is 13.7. The number of aromatic nitrogens is 2. The summed E-state index contributed by atoms with van der Waals surface area (Å²) in [6, 6.07) is 26.9. The maximum absolute atomic E-state index is 13.8. The third kappa shape index (κ3) is 12.9. The van der Waals surface area contributed by atoms with E-state index in [0.717, 1.165) is 4.57 Å². The second-order valence-corrected chi connectivity index (χ2v) is 18.4. The van der Waals surface area contributed by atoms with Crippen molar-refractivity contribution in [1.29, 1.82) is 5.26 Å². The van der Waals surface area contributed by atoms with Crippen molar-refractivity contribution in [3.05, 3.63) is 118 Å². The molecule has 3 N–H and O–H groups in total. The molecule has 2 heterocycles. The largest absolute Gasteiger partial charge is 0.497 e. The molecule has 5 rings (SSSR count). The van der Waals surface area contributed by atoms with Crippen molar-refractivity contribution in [1.82, 2.24) is 19.5 Å². The SMILES string of the molecule is COc1ccc(C(OC[C@H]2O[C@@H](n3ccc(NC(C)=O)nc3=O)[C@H](OCOCCNC(=O)C(F)(F)F)[C@@H]2O[P+](O)(CCC#N)N(C(C)C)C(C)C)(c2ccccc2)c2ccc(OC)cc2)cc1. The number of amides is 2. The number of hydrogen-bond acceptors (Lipinski definition) is 14. The van der Waals surface area contributed by atoms with Crippen LogP contribution in [0.4, 0.5) is 19.0 Å². The molecule has 2 amide bonds. The number of benzene rings is 3. The fraction of sp³-hybridized carbons (Fsp3) is 0.457. The van der Waals surface area contributed by atoms with Crippen LogP contribution in [-0.2, 0) is 38.7 Å². The Labute approximate surface area is 387 Å². The predicted molar refractivity (Wildman–Crippen MR) is 241 cm³/mol. The maximum atomic E-state index is 13.8. The maximum Gasteiger partial charge on any atom is 0.471 e. The van der Waals surface area contributed by atoms with Crippen molar-refractivity contribution in [2.75, 3.05) is 52.2 Å². The van der Waals surface area contributed by atoms with Gasteiger partial charge in [0, 0.05) is 31.7 Å². The first-order valence-corrected chi connectivity index (χ1v) is 23.2. The van der Waals surface area contributed by atoms with E-state index >= 15 is 0 Å². The highest BCUT2D eigenvalue weighted by Gasteiger charge is 2.58. The van der Waals surface area contributed by atoms with E-state index in [1.54, 1.807) is 48.5 Å². The zero-order valence-corrected chi connectivity index (χ0v) is 39.2. The summed E-state index contributed by atoms with van der Waals surface area (Å²) < 4.78 is 85.3. The Balaban J connectivity index is 1.67. The molecule has 0 radical (unpaired) electrons. The summed E-state index contributed by atoms with van der Waals surface area (Å²) in [5.41, 5.74) is -0.217. The molecule has 0 aliphatic carbocycles. The lowest BCUT2D eigenvalue weighted by Crippen LogP contribution is -2.46. The van der Waals surface area contributed by atoms with Gasteiger partial charge in [-0.1, -0.05) is 54.6 Å². The monoisotopic (exact) mass is 957 g/mol.